The lowest BCUT2D eigenvalue weighted by Gasteiger charge is -2.04. The number of rotatable bonds is 13. The molecule has 0 saturated heterocycles. The number of esters is 2. The molecule has 0 bridgehead atoms. The third-order valence-electron chi connectivity index (χ3n) is 3.41. The van der Waals surface area contributed by atoms with Gasteiger partial charge < -0.3 is 9.47 Å². The molecule has 0 aromatic heterocycles. The molecule has 4 nitrogen and oxygen atoms in total. The van der Waals surface area contributed by atoms with Crippen molar-refractivity contribution in [2.75, 3.05) is 13.2 Å². The van der Waals surface area contributed by atoms with Gasteiger partial charge in [-0.15, -0.1) is 0 Å². The maximum absolute atomic E-state index is 11.0. The summed E-state index contributed by atoms with van der Waals surface area (Å²) in [6.45, 7) is 15.6. The first-order valence-corrected chi connectivity index (χ1v) is 9.52. The predicted molar refractivity (Wildman–Crippen MR) is 104 cm³/mol. The van der Waals surface area contributed by atoms with Crippen LogP contribution in [0.1, 0.15) is 85.5 Å². The molecule has 0 N–H and O–H groups in total. The van der Waals surface area contributed by atoms with E-state index in [2.05, 4.69) is 27.0 Å². The van der Waals surface area contributed by atoms with Crippen molar-refractivity contribution in [1.82, 2.24) is 0 Å². The van der Waals surface area contributed by atoms with Crippen LogP contribution in [-0.2, 0) is 19.1 Å². The van der Waals surface area contributed by atoms with Gasteiger partial charge in [-0.3, -0.25) is 0 Å². The Morgan fingerprint density at radius 3 is 1.40 bits per heavy atom. The Hall–Kier alpha value is -1.58. The van der Waals surface area contributed by atoms with E-state index in [0.29, 0.717) is 24.4 Å². The Balaban J connectivity index is 0. The molecule has 0 spiro atoms. The van der Waals surface area contributed by atoms with E-state index in [1.165, 1.54) is 32.1 Å². The summed E-state index contributed by atoms with van der Waals surface area (Å²) in [5, 5.41) is 0. The van der Waals surface area contributed by atoms with Gasteiger partial charge in [0.1, 0.15) is 0 Å². The lowest BCUT2D eigenvalue weighted by Crippen LogP contribution is -2.05. The summed E-state index contributed by atoms with van der Waals surface area (Å²) in [5.74, 6) is -0.547. The van der Waals surface area contributed by atoms with Crippen LogP contribution < -0.4 is 0 Å². The second-order valence-electron chi connectivity index (χ2n) is 6.31. The number of ether oxygens (including phenoxy) is 2. The van der Waals surface area contributed by atoms with Crippen molar-refractivity contribution < 1.29 is 19.1 Å². The molecule has 0 saturated carbocycles. The lowest BCUT2D eigenvalue weighted by atomic mass is 10.1. The van der Waals surface area contributed by atoms with Gasteiger partial charge in [0.15, 0.2) is 0 Å². The highest BCUT2D eigenvalue weighted by molar-refractivity contribution is 5.87. The summed E-state index contributed by atoms with van der Waals surface area (Å²) in [7, 11) is 0. The van der Waals surface area contributed by atoms with Crippen molar-refractivity contribution in [2.24, 2.45) is 0 Å². The molecule has 0 amide bonds. The molecule has 0 heterocycles. The SMILES string of the molecule is C=C(C)C(=O)OCCCC.C=C(C)C(=O)OCCCCCCCCC. The topological polar surface area (TPSA) is 52.6 Å². The molecule has 0 aromatic rings. The van der Waals surface area contributed by atoms with E-state index in [-0.39, 0.29) is 11.9 Å². The summed E-state index contributed by atoms with van der Waals surface area (Å²) in [4.78, 5) is 21.7. The Bertz CT molecular complexity index is 385. The number of carbonyl (C=O) groups is 2. The van der Waals surface area contributed by atoms with E-state index >= 15 is 0 Å². The Morgan fingerprint density at radius 2 is 1.00 bits per heavy atom. The van der Waals surface area contributed by atoms with Crippen LogP contribution in [0.4, 0.5) is 0 Å². The zero-order chi connectivity index (χ0) is 19.5. The highest BCUT2D eigenvalue weighted by Gasteiger charge is 2.01. The lowest BCUT2D eigenvalue weighted by molar-refractivity contribution is -0.139. The Labute approximate surface area is 154 Å². The van der Waals surface area contributed by atoms with E-state index < -0.39 is 0 Å². The summed E-state index contributed by atoms with van der Waals surface area (Å²) in [5.41, 5.74) is 0.953. The van der Waals surface area contributed by atoms with Crippen molar-refractivity contribution in [3.63, 3.8) is 0 Å². The fourth-order valence-electron chi connectivity index (χ4n) is 1.78. The van der Waals surface area contributed by atoms with Crippen LogP contribution in [0.25, 0.3) is 0 Å². The Kier molecular flexibility index (Phi) is 19.2. The molecule has 0 aliphatic rings. The van der Waals surface area contributed by atoms with E-state index in [1.54, 1.807) is 13.8 Å². The van der Waals surface area contributed by atoms with Crippen LogP contribution in [0.15, 0.2) is 24.3 Å². The molecule has 146 valence electrons. The molecule has 0 fully saturated rings. The normalized spacial score (nSPS) is 9.60. The number of unbranched alkanes of at least 4 members (excludes halogenated alkanes) is 7. The van der Waals surface area contributed by atoms with Gasteiger partial charge in [0.25, 0.3) is 0 Å². The van der Waals surface area contributed by atoms with Crippen molar-refractivity contribution in [1.29, 1.82) is 0 Å². The minimum absolute atomic E-state index is 0.263. The summed E-state index contributed by atoms with van der Waals surface area (Å²) < 4.78 is 9.80. The molecule has 0 atom stereocenters. The molecule has 0 unspecified atom stereocenters. The van der Waals surface area contributed by atoms with Gasteiger partial charge in [-0.1, -0.05) is 72.0 Å². The van der Waals surface area contributed by atoms with Crippen LogP contribution in [0.2, 0.25) is 0 Å². The average Bonchev–Trinajstić information content (AvgIpc) is 2.57. The molecule has 0 rings (SSSR count). The molecular weight excluding hydrogens is 316 g/mol. The maximum Gasteiger partial charge on any atom is 0.333 e. The number of hydrogen-bond donors (Lipinski definition) is 0. The first kappa shape index (κ1) is 25.7. The second kappa shape index (κ2) is 18.8. The minimum atomic E-state index is -0.284. The molecule has 0 radical (unpaired) electrons. The summed E-state index contributed by atoms with van der Waals surface area (Å²) in [6, 6.07) is 0. The van der Waals surface area contributed by atoms with E-state index in [0.717, 1.165) is 25.7 Å². The third-order valence-corrected chi connectivity index (χ3v) is 3.41. The fraction of sp³-hybridized carbons (Fsp3) is 0.714. The van der Waals surface area contributed by atoms with E-state index in [1.807, 2.05) is 0 Å². The quantitative estimate of drug-likeness (QED) is 0.240. The number of hydrogen-bond acceptors (Lipinski definition) is 4. The monoisotopic (exact) mass is 354 g/mol. The van der Waals surface area contributed by atoms with Crippen LogP contribution in [0.3, 0.4) is 0 Å². The Morgan fingerprint density at radius 1 is 0.640 bits per heavy atom. The maximum atomic E-state index is 11.0. The molecule has 25 heavy (non-hydrogen) atoms. The summed E-state index contributed by atoms with van der Waals surface area (Å²) >= 11 is 0. The first-order chi connectivity index (χ1) is 11.9. The molecular formula is C21H38O4. The standard InChI is InChI=1S/C13H24O2.C8H14O2/c1-4-5-6-7-8-9-10-11-15-13(14)12(2)3;1-4-5-6-10-8(9)7(2)3/h2,4-11H2,1,3H3;2,4-6H2,1,3H3. The fourth-order valence-corrected chi connectivity index (χ4v) is 1.78. The first-order valence-electron chi connectivity index (χ1n) is 9.52. The van der Waals surface area contributed by atoms with Crippen LogP contribution in [0.5, 0.6) is 0 Å². The molecule has 0 aromatic carbocycles. The average molecular weight is 355 g/mol. The van der Waals surface area contributed by atoms with E-state index in [9.17, 15) is 9.59 Å². The molecule has 4 heteroatoms. The van der Waals surface area contributed by atoms with Crippen molar-refractivity contribution in [2.45, 2.75) is 85.5 Å². The van der Waals surface area contributed by atoms with Crippen molar-refractivity contribution in [3.8, 4) is 0 Å². The highest BCUT2D eigenvalue weighted by Crippen LogP contribution is 2.07. The van der Waals surface area contributed by atoms with E-state index in [4.69, 9.17) is 9.47 Å². The highest BCUT2D eigenvalue weighted by atomic mass is 16.5. The second-order valence-corrected chi connectivity index (χ2v) is 6.31. The van der Waals surface area contributed by atoms with Gasteiger partial charge >= 0.3 is 11.9 Å². The van der Waals surface area contributed by atoms with Crippen LogP contribution >= 0.6 is 0 Å². The molecule has 0 aliphatic heterocycles. The largest absolute Gasteiger partial charge is 0.462 e. The van der Waals surface area contributed by atoms with Crippen LogP contribution in [0, 0.1) is 0 Å². The van der Waals surface area contributed by atoms with Gasteiger partial charge in [-0.05, 0) is 26.7 Å². The van der Waals surface area contributed by atoms with Gasteiger partial charge in [-0.2, -0.15) is 0 Å². The molecule has 0 aliphatic carbocycles. The number of carbonyl (C=O) groups excluding carboxylic acids is 2. The predicted octanol–water partition coefficient (Wildman–Crippen LogP) is 5.76. The van der Waals surface area contributed by atoms with Crippen LogP contribution in [-0.4, -0.2) is 25.2 Å². The van der Waals surface area contributed by atoms with Gasteiger partial charge in [-0.25, -0.2) is 9.59 Å². The van der Waals surface area contributed by atoms with Gasteiger partial charge in [0, 0.05) is 11.1 Å². The summed E-state index contributed by atoms with van der Waals surface area (Å²) in [6.07, 6.45) is 10.6. The van der Waals surface area contributed by atoms with Gasteiger partial charge in [0.05, 0.1) is 13.2 Å². The van der Waals surface area contributed by atoms with Gasteiger partial charge in [0.2, 0.25) is 0 Å². The zero-order valence-corrected chi connectivity index (χ0v) is 16.8. The van der Waals surface area contributed by atoms with Crippen molar-refractivity contribution >= 4 is 11.9 Å². The minimum Gasteiger partial charge on any atom is -0.462 e. The smallest absolute Gasteiger partial charge is 0.333 e. The zero-order valence-electron chi connectivity index (χ0n) is 16.8. The third kappa shape index (κ3) is 20.4. The van der Waals surface area contributed by atoms with Crippen molar-refractivity contribution in [3.05, 3.63) is 24.3 Å².